The Bertz CT molecular complexity index is 169. The summed E-state index contributed by atoms with van der Waals surface area (Å²) in [4.78, 5) is 0. The molecule has 0 spiro atoms. The predicted octanol–water partition coefficient (Wildman–Crippen LogP) is 3.71. The first-order valence-corrected chi connectivity index (χ1v) is 5.66. The Kier molecular flexibility index (Phi) is 4.21. The lowest BCUT2D eigenvalue weighted by atomic mass is 9.65. The molecule has 0 amide bonds. The van der Waals surface area contributed by atoms with E-state index in [2.05, 4.69) is 55.4 Å². The molecule has 0 radical (unpaired) electrons. The van der Waals surface area contributed by atoms with Crippen LogP contribution in [0, 0.1) is 22.7 Å². The van der Waals surface area contributed by atoms with Crippen LogP contribution in [0.15, 0.2) is 0 Å². The molecule has 1 nitrogen and oxygen atoms in total. The van der Waals surface area contributed by atoms with Crippen LogP contribution in [0.4, 0.5) is 0 Å². The maximum absolute atomic E-state index is 10.4. The number of hydrogen-bond acceptors (Lipinski definition) is 1. The highest BCUT2D eigenvalue weighted by Crippen LogP contribution is 2.40. The van der Waals surface area contributed by atoms with E-state index in [-0.39, 0.29) is 16.9 Å². The summed E-state index contributed by atoms with van der Waals surface area (Å²) in [5.41, 5.74) is 0.142. The van der Waals surface area contributed by atoms with Crippen molar-refractivity contribution in [1.29, 1.82) is 0 Å². The van der Waals surface area contributed by atoms with Crippen LogP contribution < -0.4 is 0 Å². The number of rotatable bonds is 2. The van der Waals surface area contributed by atoms with Crippen molar-refractivity contribution in [3.63, 3.8) is 0 Å². The van der Waals surface area contributed by atoms with Crippen molar-refractivity contribution in [2.75, 3.05) is 0 Å². The van der Waals surface area contributed by atoms with Gasteiger partial charge < -0.3 is 5.11 Å². The summed E-state index contributed by atoms with van der Waals surface area (Å²) >= 11 is 0. The molecule has 0 aromatic carbocycles. The average Bonchev–Trinajstić information content (AvgIpc) is 1.79. The Labute approximate surface area is 89.9 Å². The van der Waals surface area contributed by atoms with E-state index >= 15 is 0 Å². The highest BCUT2D eigenvalue weighted by atomic mass is 16.3. The van der Waals surface area contributed by atoms with Gasteiger partial charge in [-0.2, -0.15) is 0 Å². The van der Waals surface area contributed by atoms with Gasteiger partial charge in [-0.1, -0.05) is 55.4 Å². The molecule has 2 atom stereocenters. The molecule has 0 aromatic heterocycles. The highest BCUT2D eigenvalue weighted by Gasteiger charge is 2.39. The molecule has 1 heteroatoms. The highest BCUT2D eigenvalue weighted by molar-refractivity contribution is 4.88. The molecule has 1 N–H and O–H groups in total. The van der Waals surface area contributed by atoms with Gasteiger partial charge in [-0.25, -0.2) is 0 Å². The van der Waals surface area contributed by atoms with Gasteiger partial charge in [0.1, 0.15) is 0 Å². The van der Waals surface area contributed by atoms with E-state index < -0.39 is 0 Å². The molecule has 0 aliphatic carbocycles. The van der Waals surface area contributed by atoms with Crippen LogP contribution in [-0.4, -0.2) is 11.2 Å². The topological polar surface area (TPSA) is 20.2 Å². The van der Waals surface area contributed by atoms with Gasteiger partial charge in [-0.05, 0) is 22.7 Å². The Morgan fingerprint density at radius 3 is 1.21 bits per heavy atom. The largest absolute Gasteiger partial charge is 0.392 e. The summed E-state index contributed by atoms with van der Waals surface area (Å²) in [6.45, 7) is 17.4. The second-order valence-electron chi connectivity index (χ2n) is 6.95. The van der Waals surface area contributed by atoms with Crippen LogP contribution in [-0.2, 0) is 0 Å². The van der Waals surface area contributed by atoms with Gasteiger partial charge in [0.05, 0.1) is 6.10 Å². The Hall–Kier alpha value is -0.0400. The van der Waals surface area contributed by atoms with E-state index in [1.807, 2.05) is 0 Å². The standard InChI is InChI=1S/C13H28O/c1-9(2)10(12(3,4)5)11(14)13(6,7)8/h9-11,14H,1-8H3. The fraction of sp³-hybridized carbons (Fsp3) is 1.00. The molecular weight excluding hydrogens is 172 g/mol. The first-order chi connectivity index (χ1) is 5.98. The van der Waals surface area contributed by atoms with Crippen molar-refractivity contribution in [2.24, 2.45) is 22.7 Å². The predicted molar refractivity (Wildman–Crippen MR) is 63.2 cm³/mol. The Morgan fingerprint density at radius 1 is 0.786 bits per heavy atom. The fourth-order valence-corrected chi connectivity index (χ4v) is 2.38. The van der Waals surface area contributed by atoms with Gasteiger partial charge >= 0.3 is 0 Å². The molecule has 0 bridgehead atoms. The summed E-state index contributed by atoms with van der Waals surface area (Å²) in [7, 11) is 0. The summed E-state index contributed by atoms with van der Waals surface area (Å²) < 4.78 is 0. The zero-order valence-corrected chi connectivity index (χ0v) is 11.2. The van der Waals surface area contributed by atoms with Crippen LogP contribution in [0.2, 0.25) is 0 Å². The molecule has 0 saturated carbocycles. The maximum Gasteiger partial charge on any atom is 0.0624 e. The molecule has 0 heterocycles. The lowest BCUT2D eigenvalue weighted by Gasteiger charge is -2.43. The zero-order valence-electron chi connectivity index (χ0n) is 11.2. The monoisotopic (exact) mass is 200 g/mol. The third-order valence-corrected chi connectivity index (χ3v) is 2.95. The van der Waals surface area contributed by atoms with Crippen LogP contribution in [0.5, 0.6) is 0 Å². The van der Waals surface area contributed by atoms with Crippen molar-refractivity contribution in [3.8, 4) is 0 Å². The fourth-order valence-electron chi connectivity index (χ4n) is 2.38. The molecule has 86 valence electrons. The van der Waals surface area contributed by atoms with Gasteiger partial charge in [0.2, 0.25) is 0 Å². The zero-order chi connectivity index (χ0) is 11.7. The smallest absolute Gasteiger partial charge is 0.0624 e. The summed E-state index contributed by atoms with van der Waals surface area (Å²) in [5.74, 6) is 0.867. The first kappa shape index (κ1) is 14.0. The van der Waals surface area contributed by atoms with Crippen LogP contribution in [0.25, 0.3) is 0 Å². The van der Waals surface area contributed by atoms with Crippen molar-refractivity contribution in [2.45, 2.75) is 61.5 Å². The molecule has 2 unspecified atom stereocenters. The molecular formula is C13H28O. The normalized spacial score (nSPS) is 18.4. The quantitative estimate of drug-likeness (QED) is 0.720. The summed E-state index contributed by atoms with van der Waals surface area (Å²) in [6, 6.07) is 0. The lowest BCUT2D eigenvalue weighted by molar-refractivity contribution is -0.0513. The van der Waals surface area contributed by atoms with E-state index in [9.17, 15) is 5.11 Å². The Morgan fingerprint density at radius 2 is 1.14 bits per heavy atom. The molecule has 0 aliphatic heterocycles. The van der Waals surface area contributed by atoms with E-state index in [4.69, 9.17) is 0 Å². The molecule has 14 heavy (non-hydrogen) atoms. The van der Waals surface area contributed by atoms with Crippen LogP contribution in [0.3, 0.4) is 0 Å². The molecule has 0 rings (SSSR count). The minimum Gasteiger partial charge on any atom is -0.392 e. The van der Waals surface area contributed by atoms with E-state index in [0.717, 1.165) is 0 Å². The number of hydrogen-bond donors (Lipinski definition) is 1. The van der Waals surface area contributed by atoms with Crippen LogP contribution in [0.1, 0.15) is 55.4 Å². The molecule has 0 fully saturated rings. The van der Waals surface area contributed by atoms with Gasteiger partial charge in [-0.15, -0.1) is 0 Å². The van der Waals surface area contributed by atoms with Crippen molar-refractivity contribution in [1.82, 2.24) is 0 Å². The van der Waals surface area contributed by atoms with Crippen molar-refractivity contribution in [3.05, 3.63) is 0 Å². The van der Waals surface area contributed by atoms with Crippen molar-refractivity contribution < 1.29 is 5.11 Å². The van der Waals surface area contributed by atoms with Crippen molar-refractivity contribution >= 4 is 0 Å². The second kappa shape index (κ2) is 4.22. The third kappa shape index (κ3) is 3.61. The van der Waals surface area contributed by atoms with Crippen LogP contribution >= 0.6 is 0 Å². The molecule has 0 aliphatic rings. The Balaban J connectivity index is 4.86. The van der Waals surface area contributed by atoms with E-state index in [1.54, 1.807) is 0 Å². The molecule has 0 aromatic rings. The lowest BCUT2D eigenvalue weighted by Crippen LogP contribution is -2.43. The van der Waals surface area contributed by atoms with Gasteiger partial charge in [-0.3, -0.25) is 0 Å². The average molecular weight is 200 g/mol. The van der Waals surface area contributed by atoms with Gasteiger partial charge in [0, 0.05) is 0 Å². The molecule has 0 saturated heterocycles. The number of aliphatic hydroxyl groups is 1. The maximum atomic E-state index is 10.4. The summed E-state index contributed by atoms with van der Waals surface area (Å²) in [5, 5.41) is 10.4. The minimum atomic E-state index is -0.234. The third-order valence-electron chi connectivity index (χ3n) is 2.95. The van der Waals surface area contributed by atoms with Gasteiger partial charge in [0.25, 0.3) is 0 Å². The first-order valence-electron chi connectivity index (χ1n) is 5.66. The van der Waals surface area contributed by atoms with E-state index in [0.29, 0.717) is 11.8 Å². The summed E-state index contributed by atoms with van der Waals surface area (Å²) in [6.07, 6.45) is -0.234. The second-order valence-corrected chi connectivity index (χ2v) is 6.95. The SMILES string of the molecule is CC(C)C(C(O)C(C)(C)C)C(C)(C)C. The minimum absolute atomic E-state index is 0.0256. The van der Waals surface area contributed by atoms with E-state index in [1.165, 1.54) is 0 Å². The number of aliphatic hydroxyl groups excluding tert-OH is 1. The van der Waals surface area contributed by atoms with Gasteiger partial charge in [0.15, 0.2) is 0 Å².